The summed E-state index contributed by atoms with van der Waals surface area (Å²) in [5.41, 5.74) is 2.51. The quantitative estimate of drug-likeness (QED) is 0.929. The standard InChI is InChI=1S/C16H17NO2S/c1-11(15-8-4-10-20-15)17-9-3-6-12-13(16(18)19)5-2-7-14(12)17/h2,4-5,7-8,10-11H,3,6,9H2,1H3,(H,18,19). The van der Waals surface area contributed by atoms with E-state index in [2.05, 4.69) is 29.3 Å². The Morgan fingerprint density at radius 2 is 2.20 bits per heavy atom. The van der Waals surface area contributed by atoms with Crippen LogP contribution in [0.1, 0.15) is 40.2 Å². The van der Waals surface area contributed by atoms with Crippen LogP contribution in [0.4, 0.5) is 5.69 Å². The van der Waals surface area contributed by atoms with E-state index in [9.17, 15) is 9.90 Å². The van der Waals surface area contributed by atoms with Gasteiger partial charge in [0.05, 0.1) is 11.6 Å². The fraction of sp³-hybridized carbons (Fsp3) is 0.312. The largest absolute Gasteiger partial charge is 0.478 e. The highest BCUT2D eigenvalue weighted by atomic mass is 32.1. The van der Waals surface area contributed by atoms with E-state index in [0.29, 0.717) is 5.56 Å². The summed E-state index contributed by atoms with van der Waals surface area (Å²) in [6, 6.07) is 10.1. The number of aromatic carboxylic acids is 1. The van der Waals surface area contributed by atoms with Gasteiger partial charge in [0, 0.05) is 17.1 Å². The first-order chi connectivity index (χ1) is 9.68. The van der Waals surface area contributed by atoms with Gasteiger partial charge in [0.15, 0.2) is 0 Å². The first kappa shape index (κ1) is 13.2. The summed E-state index contributed by atoms with van der Waals surface area (Å²) in [4.78, 5) is 15.0. The molecule has 3 nitrogen and oxygen atoms in total. The molecule has 0 aliphatic carbocycles. The van der Waals surface area contributed by atoms with Gasteiger partial charge in [0.1, 0.15) is 0 Å². The lowest BCUT2D eigenvalue weighted by molar-refractivity contribution is 0.0695. The Kier molecular flexibility index (Phi) is 3.49. The molecule has 1 aliphatic rings. The van der Waals surface area contributed by atoms with Gasteiger partial charge in [-0.1, -0.05) is 12.1 Å². The molecule has 1 aromatic carbocycles. The molecule has 0 saturated carbocycles. The monoisotopic (exact) mass is 287 g/mol. The number of hydrogen-bond donors (Lipinski definition) is 1. The van der Waals surface area contributed by atoms with Crippen molar-refractivity contribution in [1.29, 1.82) is 0 Å². The Bertz CT molecular complexity index is 621. The van der Waals surface area contributed by atoms with Crippen molar-refractivity contribution in [2.45, 2.75) is 25.8 Å². The molecule has 1 N–H and O–H groups in total. The minimum Gasteiger partial charge on any atom is -0.478 e. The third-order valence-corrected chi connectivity index (χ3v) is 4.98. The van der Waals surface area contributed by atoms with Crippen molar-refractivity contribution in [2.75, 3.05) is 11.4 Å². The summed E-state index contributed by atoms with van der Waals surface area (Å²) in [5, 5.41) is 11.4. The van der Waals surface area contributed by atoms with E-state index in [1.807, 2.05) is 12.1 Å². The summed E-state index contributed by atoms with van der Waals surface area (Å²) in [5.74, 6) is -0.826. The zero-order chi connectivity index (χ0) is 14.1. The van der Waals surface area contributed by atoms with E-state index in [-0.39, 0.29) is 6.04 Å². The Labute approximate surface area is 122 Å². The molecule has 2 heterocycles. The van der Waals surface area contributed by atoms with Gasteiger partial charge in [0.25, 0.3) is 0 Å². The molecule has 1 aliphatic heterocycles. The fourth-order valence-corrected chi connectivity index (χ4v) is 3.73. The van der Waals surface area contributed by atoms with Crippen LogP contribution in [0, 0.1) is 0 Å². The van der Waals surface area contributed by atoms with Crippen LogP contribution in [-0.2, 0) is 6.42 Å². The maximum Gasteiger partial charge on any atom is 0.336 e. The van der Waals surface area contributed by atoms with E-state index >= 15 is 0 Å². The Balaban J connectivity index is 2.02. The molecular weight excluding hydrogens is 270 g/mol. The first-order valence-corrected chi connectivity index (χ1v) is 7.71. The lowest BCUT2D eigenvalue weighted by Crippen LogP contribution is -2.32. The van der Waals surface area contributed by atoms with E-state index in [1.54, 1.807) is 17.4 Å². The predicted molar refractivity (Wildman–Crippen MR) is 81.8 cm³/mol. The molecule has 104 valence electrons. The van der Waals surface area contributed by atoms with Crippen LogP contribution < -0.4 is 4.90 Å². The minimum absolute atomic E-state index is 0.290. The van der Waals surface area contributed by atoms with Crippen molar-refractivity contribution in [1.82, 2.24) is 0 Å². The van der Waals surface area contributed by atoms with Crippen LogP contribution >= 0.6 is 11.3 Å². The van der Waals surface area contributed by atoms with Crippen LogP contribution in [0.2, 0.25) is 0 Å². The number of carboxylic acid groups (broad SMARTS) is 1. The molecular formula is C16H17NO2S. The maximum atomic E-state index is 11.4. The molecule has 1 unspecified atom stereocenters. The molecule has 1 atom stereocenters. The minimum atomic E-state index is -0.826. The average molecular weight is 287 g/mol. The number of hydrogen-bond acceptors (Lipinski definition) is 3. The number of fused-ring (bicyclic) bond motifs is 1. The van der Waals surface area contributed by atoms with Crippen molar-refractivity contribution < 1.29 is 9.90 Å². The number of thiophene rings is 1. The Morgan fingerprint density at radius 1 is 1.35 bits per heavy atom. The van der Waals surface area contributed by atoms with Gasteiger partial charge in [-0.05, 0) is 48.9 Å². The zero-order valence-corrected chi connectivity index (χ0v) is 12.2. The second kappa shape index (κ2) is 5.29. The van der Waals surface area contributed by atoms with Gasteiger partial charge in [0.2, 0.25) is 0 Å². The third kappa shape index (κ3) is 2.20. The number of benzene rings is 1. The summed E-state index contributed by atoms with van der Waals surface area (Å²) >= 11 is 1.75. The molecule has 0 fully saturated rings. The summed E-state index contributed by atoms with van der Waals surface area (Å²) in [7, 11) is 0. The van der Waals surface area contributed by atoms with E-state index in [0.717, 1.165) is 30.6 Å². The molecule has 0 saturated heterocycles. The number of rotatable bonds is 3. The fourth-order valence-electron chi connectivity index (χ4n) is 2.94. The van der Waals surface area contributed by atoms with E-state index < -0.39 is 5.97 Å². The Hall–Kier alpha value is -1.81. The number of carbonyl (C=O) groups is 1. The normalized spacial score (nSPS) is 15.8. The van der Waals surface area contributed by atoms with Gasteiger partial charge in [-0.3, -0.25) is 0 Å². The van der Waals surface area contributed by atoms with Crippen LogP contribution in [0.25, 0.3) is 0 Å². The van der Waals surface area contributed by atoms with Crippen molar-refractivity contribution in [3.63, 3.8) is 0 Å². The maximum absolute atomic E-state index is 11.4. The summed E-state index contributed by atoms with van der Waals surface area (Å²) < 4.78 is 0. The average Bonchev–Trinajstić information content (AvgIpc) is 2.99. The lowest BCUT2D eigenvalue weighted by Gasteiger charge is -2.36. The van der Waals surface area contributed by atoms with Gasteiger partial charge in [-0.25, -0.2) is 4.79 Å². The summed E-state index contributed by atoms with van der Waals surface area (Å²) in [6.07, 6.45) is 1.86. The molecule has 1 aromatic heterocycles. The lowest BCUT2D eigenvalue weighted by atomic mass is 9.95. The first-order valence-electron chi connectivity index (χ1n) is 6.83. The zero-order valence-electron chi connectivity index (χ0n) is 11.4. The molecule has 0 bridgehead atoms. The van der Waals surface area contributed by atoms with Crippen LogP contribution in [-0.4, -0.2) is 17.6 Å². The second-order valence-electron chi connectivity index (χ2n) is 5.10. The van der Waals surface area contributed by atoms with E-state index in [4.69, 9.17) is 0 Å². The highest BCUT2D eigenvalue weighted by Gasteiger charge is 2.25. The molecule has 0 spiro atoms. The third-order valence-electron chi connectivity index (χ3n) is 3.94. The van der Waals surface area contributed by atoms with Crippen molar-refractivity contribution in [3.05, 3.63) is 51.7 Å². The molecule has 2 aromatic rings. The molecule has 3 rings (SSSR count). The summed E-state index contributed by atoms with van der Waals surface area (Å²) in [6.45, 7) is 3.17. The Morgan fingerprint density at radius 3 is 2.90 bits per heavy atom. The molecule has 0 radical (unpaired) electrons. The SMILES string of the molecule is CC(c1cccs1)N1CCCc2c(C(=O)O)cccc21. The topological polar surface area (TPSA) is 40.5 Å². The molecule has 4 heteroatoms. The highest BCUT2D eigenvalue weighted by molar-refractivity contribution is 7.10. The number of carboxylic acids is 1. The number of nitrogens with zero attached hydrogens (tertiary/aromatic N) is 1. The van der Waals surface area contributed by atoms with Gasteiger partial charge < -0.3 is 10.0 Å². The highest BCUT2D eigenvalue weighted by Crippen LogP contribution is 2.36. The van der Waals surface area contributed by atoms with Crippen molar-refractivity contribution in [2.24, 2.45) is 0 Å². The predicted octanol–water partition coefficient (Wildman–Crippen LogP) is 3.96. The number of anilines is 1. The van der Waals surface area contributed by atoms with Crippen molar-refractivity contribution in [3.8, 4) is 0 Å². The smallest absolute Gasteiger partial charge is 0.336 e. The van der Waals surface area contributed by atoms with Crippen LogP contribution in [0.5, 0.6) is 0 Å². The second-order valence-corrected chi connectivity index (χ2v) is 6.08. The van der Waals surface area contributed by atoms with Gasteiger partial charge in [-0.15, -0.1) is 11.3 Å². The van der Waals surface area contributed by atoms with Crippen LogP contribution in [0.15, 0.2) is 35.7 Å². The van der Waals surface area contributed by atoms with E-state index in [1.165, 1.54) is 4.88 Å². The van der Waals surface area contributed by atoms with Gasteiger partial charge >= 0.3 is 5.97 Å². The van der Waals surface area contributed by atoms with Gasteiger partial charge in [-0.2, -0.15) is 0 Å². The molecule has 0 amide bonds. The van der Waals surface area contributed by atoms with Crippen LogP contribution in [0.3, 0.4) is 0 Å². The molecule has 20 heavy (non-hydrogen) atoms. The van der Waals surface area contributed by atoms with Crippen molar-refractivity contribution >= 4 is 23.0 Å².